The molecule has 33 heavy (non-hydrogen) atoms. The Morgan fingerprint density at radius 1 is 1.18 bits per heavy atom. The van der Waals surface area contributed by atoms with Crippen LogP contribution in [-0.2, 0) is 14.3 Å². The van der Waals surface area contributed by atoms with Crippen molar-refractivity contribution in [1.82, 2.24) is 4.90 Å². The molecule has 1 unspecified atom stereocenters. The van der Waals surface area contributed by atoms with E-state index in [0.29, 0.717) is 37.7 Å². The summed E-state index contributed by atoms with van der Waals surface area (Å²) in [5.74, 6) is -3.07. The lowest BCUT2D eigenvalue weighted by Gasteiger charge is -2.27. The van der Waals surface area contributed by atoms with Crippen LogP contribution in [0.1, 0.15) is 30.1 Å². The number of phenolic OH excluding ortho intramolecular Hbond substituents is 1. The maximum atomic E-state index is 12.1. The number of aromatic hydroxyl groups is 1. The lowest BCUT2D eigenvalue weighted by Crippen LogP contribution is -2.40. The van der Waals surface area contributed by atoms with Gasteiger partial charge in [-0.2, -0.15) is 0 Å². The summed E-state index contributed by atoms with van der Waals surface area (Å²) in [5, 5.41) is 21.2. The molecular formula is C23H26BrClN2O6. The van der Waals surface area contributed by atoms with Gasteiger partial charge in [0.05, 0.1) is 24.5 Å². The SMILES string of the molecule is CCCC(C(=O)O)C(=O)Nc1ccc(Cl)cc1O.O=C(c1ccccc1Br)N1CCOCC1. The third kappa shape index (κ3) is 8.03. The Morgan fingerprint density at radius 2 is 1.85 bits per heavy atom. The molecule has 2 amide bonds. The predicted octanol–water partition coefficient (Wildman–Crippen LogP) is 4.41. The van der Waals surface area contributed by atoms with Crippen LogP contribution in [0.25, 0.3) is 0 Å². The molecule has 1 aliphatic heterocycles. The first-order valence-electron chi connectivity index (χ1n) is 10.4. The second-order valence-corrected chi connectivity index (χ2v) is 8.51. The fourth-order valence-electron chi connectivity index (χ4n) is 3.06. The van der Waals surface area contributed by atoms with Crippen LogP contribution in [0.4, 0.5) is 5.69 Å². The minimum atomic E-state index is -1.18. The van der Waals surface area contributed by atoms with Gasteiger partial charge in [-0.3, -0.25) is 14.4 Å². The van der Waals surface area contributed by atoms with E-state index in [0.717, 1.165) is 10.0 Å². The number of nitrogens with one attached hydrogen (secondary N) is 1. The van der Waals surface area contributed by atoms with E-state index >= 15 is 0 Å². The Kier molecular flexibility index (Phi) is 10.6. The number of hydrogen-bond donors (Lipinski definition) is 3. The van der Waals surface area contributed by atoms with Crippen LogP contribution in [0.3, 0.4) is 0 Å². The van der Waals surface area contributed by atoms with Crippen molar-refractivity contribution in [2.24, 2.45) is 5.92 Å². The summed E-state index contributed by atoms with van der Waals surface area (Å²) in [6.45, 7) is 4.43. The van der Waals surface area contributed by atoms with Crippen LogP contribution < -0.4 is 5.32 Å². The molecule has 0 radical (unpaired) electrons. The number of amides is 2. The largest absolute Gasteiger partial charge is 0.506 e. The second kappa shape index (κ2) is 13.2. The van der Waals surface area contributed by atoms with Gasteiger partial charge in [-0.1, -0.05) is 37.1 Å². The minimum Gasteiger partial charge on any atom is -0.506 e. The van der Waals surface area contributed by atoms with Gasteiger partial charge in [0, 0.05) is 28.7 Å². The highest BCUT2D eigenvalue weighted by molar-refractivity contribution is 9.10. The van der Waals surface area contributed by atoms with Crippen molar-refractivity contribution >= 4 is 51.0 Å². The summed E-state index contributed by atoms with van der Waals surface area (Å²) >= 11 is 9.03. The average molecular weight is 542 g/mol. The molecule has 0 aliphatic carbocycles. The third-order valence-electron chi connectivity index (χ3n) is 4.81. The number of carboxylic acids is 1. The van der Waals surface area contributed by atoms with E-state index in [1.165, 1.54) is 18.2 Å². The summed E-state index contributed by atoms with van der Waals surface area (Å²) in [6, 6.07) is 11.7. The van der Waals surface area contributed by atoms with Crippen LogP contribution in [-0.4, -0.2) is 59.2 Å². The van der Waals surface area contributed by atoms with E-state index in [4.69, 9.17) is 21.4 Å². The number of halogens is 2. The van der Waals surface area contributed by atoms with Crippen molar-refractivity contribution in [1.29, 1.82) is 0 Å². The van der Waals surface area contributed by atoms with Crippen molar-refractivity contribution in [3.05, 3.63) is 57.5 Å². The fourth-order valence-corrected chi connectivity index (χ4v) is 3.68. The molecule has 1 aliphatic rings. The minimum absolute atomic E-state index is 0.0748. The van der Waals surface area contributed by atoms with Crippen molar-refractivity contribution in [3.8, 4) is 5.75 Å². The molecule has 0 spiro atoms. The van der Waals surface area contributed by atoms with E-state index in [1.807, 2.05) is 29.2 Å². The summed E-state index contributed by atoms with van der Waals surface area (Å²) < 4.78 is 6.06. The quantitative estimate of drug-likeness (QED) is 0.369. The van der Waals surface area contributed by atoms with Crippen LogP contribution >= 0.6 is 27.5 Å². The summed E-state index contributed by atoms with van der Waals surface area (Å²) in [7, 11) is 0. The topological polar surface area (TPSA) is 116 Å². The van der Waals surface area contributed by atoms with Crippen molar-refractivity contribution < 1.29 is 29.3 Å². The monoisotopic (exact) mass is 540 g/mol. The highest BCUT2D eigenvalue weighted by atomic mass is 79.9. The summed E-state index contributed by atoms with van der Waals surface area (Å²) in [5.41, 5.74) is 0.867. The lowest BCUT2D eigenvalue weighted by molar-refractivity contribution is -0.145. The predicted molar refractivity (Wildman–Crippen MR) is 129 cm³/mol. The Bertz CT molecular complexity index is 981. The van der Waals surface area contributed by atoms with Gasteiger partial charge in [-0.15, -0.1) is 0 Å². The van der Waals surface area contributed by atoms with E-state index in [9.17, 15) is 19.5 Å². The van der Waals surface area contributed by atoms with Crippen LogP contribution in [0.5, 0.6) is 5.75 Å². The van der Waals surface area contributed by atoms with Crippen LogP contribution in [0.2, 0.25) is 5.02 Å². The molecule has 1 fully saturated rings. The maximum absolute atomic E-state index is 12.1. The summed E-state index contributed by atoms with van der Waals surface area (Å²) in [4.78, 5) is 36.5. The third-order valence-corrected chi connectivity index (χ3v) is 5.74. The molecule has 0 bridgehead atoms. The van der Waals surface area contributed by atoms with Gasteiger partial charge in [0.25, 0.3) is 5.91 Å². The maximum Gasteiger partial charge on any atom is 0.316 e. The highest BCUT2D eigenvalue weighted by Gasteiger charge is 2.25. The number of carbonyl (C=O) groups excluding carboxylic acids is 2. The van der Waals surface area contributed by atoms with Crippen molar-refractivity contribution in [2.45, 2.75) is 19.8 Å². The Labute approximate surface area is 205 Å². The summed E-state index contributed by atoms with van der Waals surface area (Å²) in [6.07, 6.45) is 0.826. The molecule has 2 aromatic rings. The van der Waals surface area contributed by atoms with Crippen LogP contribution in [0, 0.1) is 5.92 Å². The Hall–Kier alpha value is -2.62. The zero-order valence-corrected chi connectivity index (χ0v) is 20.4. The lowest BCUT2D eigenvalue weighted by atomic mass is 10.0. The van der Waals surface area contributed by atoms with Crippen molar-refractivity contribution in [2.75, 3.05) is 31.6 Å². The molecule has 3 N–H and O–H groups in total. The fraction of sp³-hybridized carbons (Fsp3) is 0.348. The second-order valence-electron chi connectivity index (χ2n) is 7.21. The average Bonchev–Trinajstić information content (AvgIpc) is 2.80. The number of ether oxygens (including phenoxy) is 1. The molecular weight excluding hydrogens is 516 g/mol. The molecule has 0 saturated carbocycles. The number of hydrogen-bond acceptors (Lipinski definition) is 5. The number of morpholine rings is 1. The van der Waals surface area contributed by atoms with Gasteiger partial charge in [0.1, 0.15) is 11.7 Å². The number of carbonyl (C=O) groups is 3. The number of nitrogens with zero attached hydrogens (tertiary/aromatic N) is 1. The molecule has 10 heteroatoms. The number of carboxylic acid groups (broad SMARTS) is 1. The molecule has 178 valence electrons. The molecule has 1 heterocycles. The number of aliphatic carboxylic acids is 1. The first-order valence-corrected chi connectivity index (χ1v) is 11.6. The Morgan fingerprint density at radius 3 is 2.42 bits per heavy atom. The van der Waals surface area contributed by atoms with Gasteiger partial charge in [0.2, 0.25) is 5.91 Å². The van der Waals surface area contributed by atoms with Gasteiger partial charge >= 0.3 is 5.97 Å². The number of phenols is 1. The van der Waals surface area contributed by atoms with Crippen molar-refractivity contribution in [3.63, 3.8) is 0 Å². The molecule has 1 atom stereocenters. The van der Waals surface area contributed by atoms with Crippen LogP contribution in [0.15, 0.2) is 46.9 Å². The molecule has 3 rings (SSSR count). The smallest absolute Gasteiger partial charge is 0.316 e. The van der Waals surface area contributed by atoms with Gasteiger partial charge in [0.15, 0.2) is 0 Å². The first-order chi connectivity index (χ1) is 15.7. The van der Waals surface area contributed by atoms with Gasteiger partial charge in [-0.05, 0) is 46.6 Å². The van der Waals surface area contributed by atoms with E-state index in [-0.39, 0.29) is 23.8 Å². The number of anilines is 1. The molecule has 1 saturated heterocycles. The molecule has 0 aromatic heterocycles. The van der Waals surface area contributed by atoms with E-state index < -0.39 is 17.8 Å². The molecule has 8 nitrogen and oxygen atoms in total. The van der Waals surface area contributed by atoms with Gasteiger partial charge < -0.3 is 25.2 Å². The molecule has 2 aromatic carbocycles. The zero-order chi connectivity index (χ0) is 24.4. The van der Waals surface area contributed by atoms with E-state index in [1.54, 1.807) is 6.92 Å². The number of benzene rings is 2. The zero-order valence-electron chi connectivity index (χ0n) is 18.1. The number of rotatable bonds is 6. The Balaban J connectivity index is 0.000000237. The van der Waals surface area contributed by atoms with E-state index in [2.05, 4.69) is 21.2 Å². The highest BCUT2D eigenvalue weighted by Crippen LogP contribution is 2.27. The van der Waals surface area contributed by atoms with Gasteiger partial charge in [-0.25, -0.2) is 0 Å². The standard InChI is InChI=1S/C12H14ClNO4.C11H12BrNO2/c1-2-3-8(12(17)18)11(16)14-9-5-4-7(13)6-10(9)15;12-10-4-2-1-3-9(10)11(14)13-5-7-15-8-6-13/h4-6,8,15H,2-3H2,1H3,(H,14,16)(H,17,18);1-4H,5-8H2. The first kappa shape index (κ1) is 26.6. The normalized spacial score (nSPS) is 14.0.